The average molecular weight is 150 g/mol. The summed E-state index contributed by atoms with van der Waals surface area (Å²) in [6, 6.07) is 7.99. The fraction of sp³-hybridized carbons (Fsp3) is 0. The molecular weight excluding hydrogens is 144 g/mol. The van der Waals surface area contributed by atoms with Gasteiger partial charge in [0.1, 0.15) is 11.8 Å². The third-order valence-corrected chi connectivity index (χ3v) is 1.24. The van der Waals surface area contributed by atoms with Gasteiger partial charge in [0, 0.05) is 0 Å². The van der Waals surface area contributed by atoms with E-state index in [0.29, 0.717) is 0 Å². The van der Waals surface area contributed by atoms with Crippen LogP contribution in [-0.2, 0) is 0 Å². The second kappa shape index (κ2) is 3.01. The van der Waals surface area contributed by atoms with Crippen LogP contribution in [0.5, 0.6) is 0 Å². The van der Waals surface area contributed by atoms with Crippen molar-refractivity contribution in [1.29, 1.82) is 5.26 Å². The van der Waals surface area contributed by atoms with Crippen molar-refractivity contribution in [3.8, 4) is 6.07 Å². The summed E-state index contributed by atoms with van der Waals surface area (Å²) in [7, 11) is 0. The molecule has 56 valence electrons. The Morgan fingerprint density at radius 1 is 1.27 bits per heavy atom. The van der Waals surface area contributed by atoms with Crippen molar-refractivity contribution in [1.82, 2.24) is 0 Å². The number of nitrogens with zero attached hydrogens (tertiary/aromatic N) is 2. The van der Waals surface area contributed by atoms with Crippen molar-refractivity contribution >= 4 is 5.69 Å². The van der Waals surface area contributed by atoms with E-state index in [9.17, 15) is 0 Å². The van der Waals surface area contributed by atoms with Gasteiger partial charge in [-0.1, -0.05) is 12.1 Å². The highest BCUT2D eigenvalue weighted by Crippen LogP contribution is 2.15. The second-order valence-corrected chi connectivity index (χ2v) is 1.92. The molecule has 4 nitrogen and oxygen atoms in total. The Labute approximate surface area is 63.4 Å². The van der Waals surface area contributed by atoms with Gasteiger partial charge in [0.2, 0.25) is 0 Å². The molecule has 0 saturated carbocycles. The first-order valence-electron chi connectivity index (χ1n) is 2.92. The number of benzene rings is 1. The third kappa shape index (κ3) is 1.46. The summed E-state index contributed by atoms with van der Waals surface area (Å²) < 4.78 is 0. The summed E-state index contributed by atoms with van der Waals surface area (Å²) in [4.78, 5) is 0. The molecule has 0 aromatic heterocycles. The van der Waals surface area contributed by atoms with E-state index in [2.05, 4.69) is 0 Å². The SMILES string of the molecule is N#Cc1ccccc1N(O)O. The zero-order chi connectivity index (χ0) is 8.27. The summed E-state index contributed by atoms with van der Waals surface area (Å²) in [5.74, 6) is 0. The van der Waals surface area contributed by atoms with E-state index in [-0.39, 0.29) is 16.5 Å². The fourth-order valence-electron chi connectivity index (χ4n) is 0.743. The van der Waals surface area contributed by atoms with Crippen molar-refractivity contribution in [2.75, 3.05) is 5.23 Å². The molecule has 11 heavy (non-hydrogen) atoms. The van der Waals surface area contributed by atoms with Crippen LogP contribution in [0.4, 0.5) is 5.69 Å². The van der Waals surface area contributed by atoms with E-state index in [4.69, 9.17) is 15.7 Å². The van der Waals surface area contributed by atoms with Gasteiger partial charge in [-0.3, -0.25) is 10.4 Å². The molecule has 0 radical (unpaired) electrons. The lowest BCUT2D eigenvalue weighted by Crippen LogP contribution is -2.12. The lowest BCUT2D eigenvalue weighted by atomic mass is 10.2. The minimum Gasteiger partial charge on any atom is -0.264 e. The smallest absolute Gasteiger partial charge is 0.112 e. The zero-order valence-corrected chi connectivity index (χ0v) is 5.60. The first-order valence-corrected chi connectivity index (χ1v) is 2.92. The number of hydrogen-bond donors (Lipinski definition) is 2. The van der Waals surface area contributed by atoms with Gasteiger partial charge >= 0.3 is 0 Å². The van der Waals surface area contributed by atoms with Crippen molar-refractivity contribution in [3.63, 3.8) is 0 Å². The maximum atomic E-state index is 8.57. The van der Waals surface area contributed by atoms with E-state index in [0.717, 1.165) is 0 Å². The predicted octanol–water partition coefficient (Wildman–Crippen LogP) is 1.14. The van der Waals surface area contributed by atoms with Crippen molar-refractivity contribution < 1.29 is 10.4 Å². The van der Waals surface area contributed by atoms with Crippen LogP contribution in [0, 0.1) is 11.3 Å². The number of para-hydroxylation sites is 1. The fourth-order valence-corrected chi connectivity index (χ4v) is 0.743. The first-order chi connectivity index (χ1) is 5.25. The molecule has 1 rings (SSSR count). The highest BCUT2D eigenvalue weighted by atomic mass is 16.8. The molecule has 0 bridgehead atoms. The molecule has 0 aliphatic carbocycles. The molecule has 0 spiro atoms. The molecule has 0 amide bonds. The van der Waals surface area contributed by atoms with Gasteiger partial charge in [-0.05, 0) is 12.1 Å². The molecule has 0 saturated heterocycles. The average Bonchev–Trinajstić information content (AvgIpc) is 2.04. The third-order valence-electron chi connectivity index (χ3n) is 1.24. The highest BCUT2D eigenvalue weighted by Gasteiger charge is 2.03. The molecule has 0 aliphatic heterocycles. The summed E-state index contributed by atoms with van der Waals surface area (Å²) in [6.45, 7) is 0. The largest absolute Gasteiger partial charge is 0.264 e. The molecule has 0 heterocycles. The highest BCUT2D eigenvalue weighted by molar-refractivity contribution is 5.55. The second-order valence-electron chi connectivity index (χ2n) is 1.92. The van der Waals surface area contributed by atoms with Crippen molar-refractivity contribution in [2.24, 2.45) is 0 Å². The molecule has 0 atom stereocenters. The van der Waals surface area contributed by atoms with Crippen LogP contribution in [0.2, 0.25) is 0 Å². The van der Waals surface area contributed by atoms with Gasteiger partial charge in [0.05, 0.1) is 5.56 Å². The minimum atomic E-state index is -0.0709. The van der Waals surface area contributed by atoms with Gasteiger partial charge < -0.3 is 0 Å². The topological polar surface area (TPSA) is 67.5 Å². The van der Waals surface area contributed by atoms with Crippen LogP contribution in [-0.4, -0.2) is 10.4 Å². The first kappa shape index (κ1) is 7.54. The Kier molecular flexibility index (Phi) is 2.06. The molecule has 0 aliphatic rings. The number of rotatable bonds is 1. The molecule has 0 unspecified atom stereocenters. The molecular formula is C7H6N2O2. The van der Waals surface area contributed by atoms with E-state index >= 15 is 0 Å². The van der Waals surface area contributed by atoms with Crippen LogP contribution < -0.4 is 5.23 Å². The van der Waals surface area contributed by atoms with Gasteiger partial charge in [0.25, 0.3) is 0 Å². The molecule has 1 aromatic carbocycles. The van der Waals surface area contributed by atoms with E-state index < -0.39 is 0 Å². The van der Waals surface area contributed by atoms with Crippen molar-refractivity contribution in [2.45, 2.75) is 0 Å². The normalized spacial score (nSPS) is 8.82. The van der Waals surface area contributed by atoms with Crippen LogP contribution in [0.15, 0.2) is 24.3 Å². The molecule has 4 heteroatoms. The monoisotopic (exact) mass is 150 g/mol. The van der Waals surface area contributed by atoms with Gasteiger partial charge in [-0.25, -0.2) is 0 Å². The van der Waals surface area contributed by atoms with E-state index in [1.54, 1.807) is 12.1 Å². The van der Waals surface area contributed by atoms with Crippen LogP contribution in [0.25, 0.3) is 0 Å². The van der Waals surface area contributed by atoms with Crippen LogP contribution >= 0.6 is 0 Å². The Hall–Kier alpha value is -1.57. The lowest BCUT2D eigenvalue weighted by Gasteiger charge is -2.07. The number of anilines is 1. The lowest BCUT2D eigenvalue weighted by molar-refractivity contribution is 0.0290. The summed E-state index contributed by atoms with van der Waals surface area (Å²) in [6.07, 6.45) is 0. The number of hydrogen-bond acceptors (Lipinski definition) is 4. The molecule has 2 N–H and O–H groups in total. The standard InChI is InChI=1S/C7H6N2O2/c8-5-6-3-1-2-4-7(6)9(10)11/h1-4,10-11H. The maximum Gasteiger partial charge on any atom is 0.112 e. The van der Waals surface area contributed by atoms with E-state index in [1.807, 2.05) is 6.07 Å². The summed E-state index contributed by atoms with van der Waals surface area (Å²) in [5, 5.41) is 25.5. The quantitative estimate of drug-likeness (QED) is 0.589. The van der Waals surface area contributed by atoms with Crippen LogP contribution in [0.3, 0.4) is 0 Å². The Morgan fingerprint density at radius 2 is 1.91 bits per heavy atom. The Balaban J connectivity index is 3.15. The summed E-state index contributed by atoms with van der Waals surface area (Å²) >= 11 is 0. The Bertz CT molecular complexity index is 291. The Morgan fingerprint density at radius 3 is 2.36 bits per heavy atom. The van der Waals surface area contributed by atoms with Crippen LogP contribution in [0.1, 0.15) is 5.56 Å². The van der Waals surface area contributed by atoms with Gasteiger partial charge in [0.15, 0.2) is 0 Å². The van der Waals surface area contributed by atoms with E-state index in [1.165, 1.54) is 12.1 Å². The predicted molar refractivity (Wildman–Crippen MR) is 37.2 cm³/mol. The summed E-state index contributed by atoms with van der Waals surface area (Å²) in [5.41, 5.74) is 0.299. The molecule has 1 aromatic rings. The maximum absolute atomic E-state index is 8.57. The van der Waals surface area contributed by atoms with Crippen molar-refractivity contribution in [3.05, 3.63) is 29.8 Å². The van der Waals surface area contributed by atoms with Gasteiger partial charge in [-0.15, -0.1) is 5.23 Å². The minimum absolute atomic E-state index is 0.0709. The molecule has 0 fully saturated rings. The van der Waals surface area contributed by atoms with Gasteiger partial charge in [-0.2, -0.15) is 5.26 Å². The number of nitriles is 1. The zero-order valence-electron chi connectivity index (χ0n) is 5.60.